The largest absolute Gasteiger partial charge is 0.469 e. The summed E-state index contributed by atoms with van der Waals surface area (Å²) in [4.78, 5) is 13.2. The molecule has 3 nitrogen and oxygen atoms in total. The molecule has 5 atom stereocenters. The predicted octanol–water partition coefficient (Wildman–Crippen LogP) is 4.15. The first-order valence-electron chi connectivity index (χ1n) is 8.96. The van der Waals surface area contributed by atoms with Crippen molar-refractivity contribution in [3.05, 3.63) is 35.3 Å². The lowest BCUT2D eigenvalue weighted by Gasteiger charge is -2.52. The highest BCUT2D eigenvalue weighted by atomic mass is 16.3. The van der Waals surface area contributed by atoms with E-state index in [0.717, 1.165) is 49.8 Å². The molecular weight excluding hydrogens is 288 g/mol. The standard InChI is InChI=1S/C20H26O3/c1-12-15(8-10-23-12)16-5-6-18-17(19(16)22)4-3-13-11-14(21)7-9-20(13,18)2/h3,8,10,14,16-18,21H,4-7,9,11H2,1-2H3/t14-,16+,17+,18-,20-/m0/s1. The van der Waals surface area contributed by atoms with E-state index in [9.17, 15) is 9.90 Å². The second-order valence-electron chi connectivity index (χ2n) is 7.96. The molecule has 1 aromatic heterocycles. The average molecular weight is 314 g/mol. The van der Waals surface area contributed by atoms with Crippen molar-refractivity contribution in [2.75, 3.05) is 0 Å². The lowest BCUT2D eigenvalue weighted by atomic mass is 9.52. The first-order valence-corrected chi connectivity index (χ1v) is 8.96. The highest BCUT2D eigenvalue weighted by molar-refractivity contribution is 5.89. The molecule has 1 aromatic rings. The number of hydrogen-bond acceptors (Lipinski definition) is 3. The number of furan rings is 1. The summed E-state index contributed by atoms with van der Waals surface area (Å²) in [5, 5.41) is 9.99. The van der Waals surface area contributed by atoms with Crippen LogP contribution in [0.25, 0.3) is 0 Å². The number of fused-ring (bicyclic) bond motifs is 3. The lowest BCUT2D eigenvalue weighted by Crippen LogP contribution is -2.47. The molecule has 1 N–H and O–H groups in total. The Hall–Kier alpha value is -1.35. The van der Waals surface area contributed by atoms with E-state index >= 15 is 0 Å². The van der Waals surface area contributed by atoms with Crippen LogP contribution >= 0.6 is 0 Å². The van der Waals surface area contributed by atoms with Gasteiger partial charge in [0.15, 0.2) is 0 Å². The van der Waals surface area contributed by atoms with E-state index in [0.29, 0.717) is 11.7 Å². The number of rotatable bonds is 1. The molecule has 0 radical (unpaired) electrons. The summed E-state index contributed by atoms with van der Waals surface area (Å²) in [6, 6.07) is 1.97. The van der Waals surface area contributed by atoms with Crippen molar-refractivity contribution >= 4 is 5.78 Å². The van der Waals surface area contributed by atoms with E-state index in [1.807, 2.05) is 13.0 Å². The Morgan fingerprint density at radius 2 is 2.13 bits per heavy atom. The normalized spacial score (nSPS) is 40.3. The minimum absolute atomic E-state index is 0.0164. The monoisotopic (exact) mass is 314 g/mol. The maximum absolute atomic E-state index is 13.2. The maximum Gasteiger partial charge on any atom is 0.144 e. The molecule has 3 heteroatoms. The molecule has 0 aromatic carbocycles. The second kappa shape index (κ2) is 5.34. The van der Waals surface area contributed by atoms with Gasteiger partial charge >= 0.3 is 0 Å². The van der Waals surface area contributed by atoms with Gasteiger partial charge in [-0.2, -0.15) is 0 Å². The van der Waals surface area contributed by atoms with Crippen LogP contribution in [0.3, 0.4) is 0 Å². The third-order valence-corrected chi connectivity index (χ3v) is 6.86. The molecule has 2 fully saturated rings. The zero-order valence-corrected chi connectivity index (χ0v) is 14.0. The summed E-state index contributed by atoms with van der Waals surface area (Å²) >= 11 is 0. The minimum atomic E-state index is -0.188. The van der Waals surface area contributed by atoms with E-state index in [1.54, 1.807) is 6.26 Å². The smallest absolute Gasteiger partial charge is 0.144 e. The number of allylic oxidation sites excluding steroid dienone is 1. The van der Waals surface area contributed by atoms with E-state index in [2.05, 4.69) is 13.0 Å². The summed E-state index contributed by atoms with van der Waals surface area (Å²) in [5.41, 5.74) is 2.62. The highest BCUT2D eigenvalue weighted by Gasteiger charge is 2.51. The number of Topliss-reactive ketones (excluding diaryl/α,β-unsaturated/α-hetero) is 1. The number of aryl methyl sites for hydroxylation is 1. The summed E-state index contributed by atoms with van der Waals surface area (Å²) < 4.78 is 5.43. The summed E-state index contributed by atoms with van der Waals surface area (Å²) in [7, 11) is 0. The van der Waals surface area contributed by atoms with Gasteiger partial charge in [0.1, 0.15) is 11.5 Å². The molecule has 0 unspecified atom stereocenters. The Morgan fingerprint density at radius 3 is 2.87 bits per heavy atom. The van der Waals surface area contributed by atoms with E-state index < -0.39 is 0 Å². The topological polar surface area (TPSA) is 50.4 Å². The Labute approximate surface area is 137 Å². The van der Waals surface area contributed by atoms with Crippen molar-refractivity contribution in [1.29, 1.82) is 0 Å². The fourth-order valence-corrected chi connectivity index (χ4v) is 5.48. The van der Waals surface area contributed by atoms with Gasteiger partial charge in [-0.25, -0.2) is 0 Å². The van der Waals surface area contributed by atoms with Gasteiger partial charge in [-0.05, 0) is 62.8 Å². The molecule has 23 heavy (non-hydrogen) atoms. The number of ketones is 1. The van der Waals surface area contributed by atoms with Gasteiger partial charge in [0.05, 0.1) is 12.4 Å². The van der Waals surface area contributed by atoms with Crippen LogP contribution in [-0.4, -0.2) is 17.0 Å². The van der Waals surface area contributed by atoms with Crippen molar-refractivity contribution < 1.29 is 14.3 Å². The summed E-state index contributed by atoms with van der Waals surface area (Å²) in [6.07, 6.45) is 9.37. The molecule has 1 heterocycles. The van der Waals surface area contributed by atoms with Crippen LogP contribution < -0.4 is 0 Å². The van der Waals surface area contributed by atoms with Gasteiger partial charge in [-0.1, -0.05) is 18.6 Å². The highest BCUT2D eigenvalue weighted by Crippen LogP contribution is 2.57. The predicted molar refractivity (Wildman–Crippen MR) is 88.1 cm³/mol. The Balaban J connectivity index is 1.64. The second-order valence-corrected chi connectivity index (χ2v) is 7.96. The summed E-state index contributed by atoms with van der Waals surface area (Å²) in [5.74, 6) is 1.91. The first kappa shape index (κ1) is 15.2. The third kappa shape index (κ3) is 2.24. The van der Waals surface area contributed by atoms with Crippen LogP contribution in [0.2, 0.25) is 0 Å². The number of aliphatic hydroxyl groups excluding tert-OH is 1. The van der Waals surface area contributed by atoms with Crippen LogP contribution in [-0.2, 0) is 4.79 Å². The van der Waals surface area contributed by atoms with Gasteiger partial charge in [0.2, 0.25) is 0 Å². The molecule has 0 spiro atoms. The fourth-order valence-electron chi connectivity index (χ4n) is 5.48. The van der Waals surface area contributed by atoms with Crippen LogP contribution in [0.5, 0.6) is 0 Å². The Morgan fingerprint density at radius 1 is 1.30 bits per heavy atom. The quantitative estimate of drug-likeness (QED) is 0.792. The molecule has 124 valence electrons. The first-order chi connectivity index (χ1) is 11.0. The molecule has 0 aliphatic heterocycles. The molecule has 0 amide bonds. The van der Waals surface area contributed by atoms with Crippen molar-refractivity contribution in [3.8, 4) is 0 Å². The van der Waals surface area contributed by atoms with E-state index in [-0.39, 0.29) is 23.4 Å². The molecule has 0 saturated heterocycles. The van der Waals surface area contributed by atoms with E-state index in [1.165, 1.54) is 5.57 Å². The van der Waals surface area contributed by atoms with Crippen molar-refractivity contribution in [3.63, 3.8) is 0 Å². The fraction of sp³-hybridized carbons (Fsp3) is 0.650. The minimum Gasteiger partial charge on any atom is -0.469 e. The van der Waals surface area contributed by atoms with Gasteiger partial charge in [0.25, 0.3) is 0 Å². The number of carbonyl (C=O) groups is 1. The van der Waals surface area contributed by atoms with E-state index in [4.69, 9.17) is 4.42 Å². The Kier molecular flexibility index (Phi) is 3.53. The number of hydrogen-bond donors (Lipinski definition) is 1. The zero-order valence-electron chi connectivity index (χ0n) is 14.0. The van der Waals surface area contributed by atoms with Crippen LogP contribution in [0.1, 0.15) is 62.7 Å². The number of carbonyl (C=O) groups excluding carboxylic acids is 1. The molecule has 0 bridgehead atoms. The average Bonchev–Trinajstić information content (AvgIpc) is 2.95. The maximum atomic E-state index is 13.2. The van der Waals surface area contributed by atoms with Crippen LogP contribution in [0.4, 0.5) is 0 Å². The molecule has 3 aliphatic carbocycles. The van der Waals surface area contributed by atoms with Gasteiger partial charge in [-0.3, -0.25) is 4.79 Å². The van der Waals surface area contributed by atoms with Gasteiger partial charge in [0, 0.05) is 17.4 Å². The molecule has 3 aliphatic rings. The summed E-state index contributed by atoms with van der Waals surface area (Å²) in [6.45, 7) is 4.29. The third-order valence-electron chi connectivity index (χ3n) is 6.86. The van der Waals surface area contributed by atoms with Gasteiger partial charge in [-0.15, -0.1) is 0 Å². The van der Waals surface area contributed by atoms with Crippen LogP contribution in [0.15, 0.2) is 28.4 Å². The zero-order chi connectivity index (χ0) is 16.2. The molecule has 4 rings (SSSR count). The SMILES string of the molecule is Cc1occc1[C@H]1CC[C@H]2[C@@H](CC=C3C[C@@H](O)CC[C@@]32C)C1=O. The van der Waals surface area contributed by atoms with Crippen molar-refractivity contribution in [2.24, 2.45) is 17.3 Å². The van der Waals surface area contributed by atoms with Gasteiger partial charge < -0.3 is 9.52 Å². The van der Waals surface area contributed by atoms with Crippen molar-refractivity contribution in [1.82, 2.24) is 0 Å². The lowest BCUT2D eigenvalue weighted by molar-refractivity contribution is -0.131. The number of aliphatic hydroxyl groups is 1. The van der Waals surface area contributed by atoms with Crippen LogP contribution in [0, 0.1) is 24.2 Å². The molecule has 2 saturated carbocycles. The Bertz CT molecular complexity index is 656. The molecular formula is C20H26O3. The van der Waals surface area contributed by atoms with Crippen molar-refractivity contribution in [2.45, 2.75) is 64.4 Å².